The van der Waals surface area contributed by atoms with Crippen molar-refractivity contribution in [3.8, 4) is 0 Å². The molecule has 0 radical (unpaired) electrons. The minimum atomic E-state index is -0.0163. The van der Waals surface area contributed by atoms with E-state index in [0.29, 0.717) is 25.5 Å². The third kappa shape index (κ3) is 7.82. The van der Waals surface area contributed by atoms with Crippen LogP contribution in [-0.2, 0) is 9.53 Å². The third-order valence-corrected chi connectivity index (χ3v) is 1.39. The van der Waals surface area contributed by atoms with Crippen molar-refractivity contribution in [3.05, 3.63) is 0 Å². The standard InChI is InChI=1S/C8H16ClNO2/c1-7(2)12-6-5-10-8(11)3-4-9/h7H,3-6H2,1-2H3,(H,10,11). The highest BCUT2D eigenvalue weighted by molar-refractivity contribution is 6.18. The summed E-state index contributed by atoms with van der Waals surface area (Å²) in [5.74, 6) is 0.356. The summed E-state index contributed by atoms with van der Waals surface area (Å²) in [7, 11) is 0. The fraction of sp³-hybridized carbons (Fsp3) is 0.875. The van der Waals surface area contributed by atoms with Crippen LogP contribution in [0.1, 0.15) is 20.3 Å². The van der Waals surface area contributed by atoms with E-state index in [4.69, 9.17) is 16.3 Å². The van der Waals surface area contributed by atoms with Crippen LogP contribution in [0.3, 0.4) is 0 Å². The van der Waals surface area contributed by atoms with Crippen molar-refractivity contribution in [1.29, 1.82) is 0 Å². The van der Waals surface area contributed by atoms with Crippen LogP contribution in [0.25, 0.3) is 0 Å². The first kappa shape index (κ1) is 11.7. The molecule has 72 valence electrons. The number of rotatable bonds is 6. The maximum Gasteiger partial charge on any atom is 0.221 e. The van der Waals surface area contributed by atoms with Crippen molar-refractivity contribution in [3.63, 3.8) is 0 Å². The first-order chi connectivity index (χ1) is 5.66. The van der Waals surface area contributed by atoms with Gasteiger partial charge in [-0.25, -0.2) is 0 Å². The molecule has 12 heavy (non-hydrogen) atoms. The average Bonchev–Trinajstić information content (AvgIpc) is 1.98. The lowest BCUT2D eigenvalue weighted by Gasteiger charge is -2.07. The second-order valence-corrected chi connectivity index (χ2v) is 3.09. The summed E-state index contributed by atoms with van der Waals surface area (Å²) in [6.45, 7) is 5.04. The average molecular weight is 194 g/mol. The number of hydrogen-bond acceptors (Lipinski definition) is 2. The zero-order valence-corrected chi connectivity index (χ0v) is 8.36. The molecule has 0 unspecified atom stereocenters. The molecule has 0 aromatic carbocycles. The van der Waals surface area contributed by atoms with E-state index in [0.717, 1.165) is 0 Å². The molecule has 1 N–H and O–H groups in total. The molecule has 0 fully saturated rings. The predicted molar refractivity (Wildman–Crippen MR) is 49.4 cm³/mol. The lowest BCUT2D eigenvalue weighted by atomic mass is 10.4. The smallest absolute Gasteiger partial charge is 0.221 e. The highest BCUT2D eigenvalue weighted by atomic mass is 35.5. The summed E-state index contributed by atoms with van der Waals surface area (Å²) in [4.78, 5) is 10.8. The first-order valence-electron chi connectivity index (χ1n) is 4.11. The van der Waals surface area contributed by atoms with E-state index < -0.39 is 0 Å². The van der Waals surface area contributed by atoms with Gasteiger partial charge in [0.25, 0.3) is 0 Å². The van der Waals surface area contributed by atoms with Gasteiger partial charge < -0.3 is 10.1 Å². The lowest BCUT2D eigenvalue weighted by molar-refractivity contribution is -0.121. The van der Waals surface area contributed by atoms with Gasteiger partial charge in [0.1, 0.15) is 0 Å². The Kier molecular flexibility index (Phi) is 7.20. The van der Waals surface area contributed by atoms with Crippen molar-refractivity contribution in [1.82, 2.24) is 5.32 Å². The highest BCUT2D eigenvalue weighted by Crippen LogP contribution is 1.86. The second-order valence-electron chi connectivity index (χ2n) is 2.71. The number of carbonyl (C=O) groups excluding carboxylic acids is 1. The SMILES string of the molecule is CC(C)OCCNC(=O)CCCl. The van der Waals surface area contributed by atoms with Gasteiger partial charge in [0, 0.05) is 18.8 Å². The van der Waals surface area contributed by atoms with Gasteiger partial charge in [-0.1, -0.05) is 0 Å². The normalized spacial score (nSPS) is 10.3. The lowest BCUT2D eigenvalue weighted by Crippen LogP contribution is -2.28. The Morgan fingerprint density at radius 1 is 1.58 bits per heavy atom. The Balaban J connectivity index is 3.14. The molecule has 1 amide bonds. The Bertz CT molecular complexity index is 128. The maximum absolute atomic E-state index is 10.8. The van der Waals surface area contributed by atoms with Crippen LogP contribution < -0.4 is 5.32 Å². The molecule has 0 spiro atoms. The van der Waals surface area contributed by atoms with Gasteiger partial charge in [-0.2, -0.15) is 0 Å². The molecule has 0 saturated heterocycles. The Morgan fingerprint density at radius 3 is 2.75 bits per heavy atom. The van der Waals surface area contributed by atoms with Gasteiger partial charge >= 0.3 is 0 Å². The van der Waals surface area contributed by atoms with Crippen LogP contribution in [0.4, 0.5) is 0 Å². The van der Waals surface area contributed by atoms with Crippen molar-refractivity contribution >= 4 is 17.5 Å². The van der Waals surface area contributed by atoms with Gasteiger partial charge in [-0.3, -0.25) is 4.79 Å². The summed E-state index contributed by atoms with van der Waals surface area (Å²) in [6.07, 6.45) is 0.596. The number of nitrogens with one attached hydrogen (secondary N) is 1. The fourth-order valence-electron chi connectivity index (χ4n) is 0.659. The number of carbonyl (C=O) groups is 1. The van der Waals surface area contributed by atoms with Gasteiger partial charge in [-0.15, -0.1) is 11.6 Å². The minimum Gasteiger partial charge on any atom is -0.377 e. The van der Waals surface area contributed by atoms with Crippen molar-refractivity contribution in [2.45, 2.75) is 26.4 Å². The molecule has 4 heteroatoms. The summed E-state index contributed by atoms with van der Waals surface area (Å²) in [5, 5.41) is 2.69. The van der Waals surface area contributed by atoms with Crippen LogP contribution in [-0.4, -0.2) is 31.0 Å². The van der Waals surface area contributed by atoms with E-state index in [1.54, 1.807) is 0 Å². The van der Waals surface area contributed by atoms with Gasteiger partial charge in [-0.05, 0) is 13.8 Å². The highest BCUT2D eigenvalue weighted by Gasteiger charge is 1.98. The quantitative estimate of drug-likeness (QED) is 0.508. The molecule has 3 nitrogen and oxygen atoms in total. The van der Waals surface area contributed by atoms with E-state index in [9.17, 15) is 4.79 Å². The molecule has 0 atom stereocenters. The molecular formula is C8H16ClNO2. The fourth-order valence-corrected chi connectivity index (χ4v) is 0.831. The number of hydrogen-bond donors (Lipinski definition) is 1. The van der Waals surface area contributed by atoms with E-state index in [1.165, 1.54) is 0 Å². The van der Waals surface area contributed by atoms with Gasteiger partial charge in [0.2, 0.25) is 5.91 Å². The minimum absolute atomic E-state index is 0.0163. The molecule has 0 aliphatic carbocycles. The predicted octanol–water partition coefficient (Wildman–Crippen LogP) is 1.16. The van der Waals surface area contributed by atoms with E-state index in [2.05, 4.69) is 5.32 Å². The second kappa shape index (κ2) is 7.37. The van der Waals surface area contributed by atoms with Crippen LogP contribution in [0, 0.1) is 0 Å². The van der Waals surface area contributed by atoms with Crippen LogP contribution >= 0.6 is 11.6 Å². The number of amides is 1. The van der Waals surface area contributed by atoms with Crippen molar-refractivity contribution in [2.24, 2.45) is 0 Å². The monoisotopic (exact) mass is 193 g/mol. The summed E-state index contributed by atoms with van der Waals surface area (Å²) < 4.78 is 5.22. The topological polar surface area (TPSA) is 38.3 Å². The largest absolute Gasteiger partial charge is 0.377 e. The molecule has 0 aliphatic rings. The summed E-state index contributed by atoms with van der Waals surface area (Å²) in [6, 6.07) is 0. The van der Waals surface area contributed by atoms with Gasteiger partial charge in [0.05, 0.1) is 12.7 Å². The molecule has 0 aromatic heterocycles. The Labute approximate surface area is 78.4 Å². The van der Waals surface area contributed by atoms with Crippen molar-refractivity contribution < 1.29 is 9.53 Å². The van der Waals surface area contributed by atoms with E-state index in [-0.39, 0.29) is 12.0 Å². The third-order valence-electron chi connectivity index (χ3n) is 1.20. The maximum atomic E-state index is 10.8. The zero-order valence-electron chi connectivity index (χ0n) is 7.60. The van der Waals surface area contributed by atoms with E-state index in [1.807, 2.05) is 13.8 Å². The number of ether oxygens (including phenoxy) is 1. The molecule has 0 heterocycles. The van der Waals surface area contributed by atoms with Crippen molar-refractivity contribution in [2.75, 3.05) is 19.0 Å². The van der Waals surface area contributed by atoms with E-state index >= 15 is 0 Å². The van der Waals surface area contributed by atoms with Crippen LogP contribution in [0.15, 0.2) is 0 Å². The molecule has 0 rings (SSSR count). The summed E-state index contributed by atoms with van der Waals surface area (Å²) >= 11 is 5.37. The van der Waals surface area contributed by atoms with Gasteiger partial charge in [0.15, 0.2) is 0 Å². The molecule has 0 aromatic rings. The molecule has 0 saturated carbocycles. The Hall–Kier alpha value is -0.280. The Morgan fingerprint density at radius 2 is 2.25 bits per heavy atom. The zero-order chi connectivity index (χ0) is 9.40. The molecule has 0 aliphatic heterocycles. The van der Waals surface area contributed by atoms with Crippen LogP contribution in [0.5, 0.6) is 0 Å². The number of alkyl halides is 1. The molecule has 0 bridgehead atoms. The number of halogens is 1. The molecular weight excluding hydrogens is 178 g/mol. The summed E-state index contributed by atoms with van der Waals surface area (Å²) in [5.41, 5.74) is 0. The van der Waals surface area contributed by atoms with Crippen LogP contribution in [0.2, 0.25) is 0 Å². The first-order valence-corrected chi connectivity index (χ1v) is 4.64.